The average Bonchev–Trinajstić information content (AvgIpc) is 1.83. The van der Waals surface area contributed by atoms with E-state index in [2.05, 4.69) is 31.3 Å². The van der Waals surface area contributed by atoms with Crippen LogP contribution in [0.1, 0.15) is 20.8 Å². The Morgan fingerprint density at radius 1 is 1.36 bits per heavy atom. The van der Waals surface area contributed by atoms with Crippen LogP contribution in [0.25, 0.3) is 0 Å². The lowest BCUT2D eigenvalue weighted by molar-refractivity contribution is 0.157. The fourth-order valence-corrected chi connectivity index (χ4v) is 0.600. The van der Waals surface area contributed by atoms with Gasteiger partial charge in [-0.1, -0.05) is 13.8 Å². The number of hydrogen-bond acceptors (Lipinski definition) is 3. The molecule has 0 radical (unpaired) electrons. The molecule has 0 spiro atoms. The molecule has 0 aromatic heterocycles. The molecule has 1 unspecified atom stereocenters. The van der Waals surface area contributed by atoms with Crippen LogP contribution in [0, 0.1) is 5.92 Å². The number of ether oxygens (including phenoxy) is 1. The van der Waals surface area contributed by atoms with Gasteiger partial charge in [0.15, 0.2) is 0 Å². The maximum Gasteiger partial charge on any atom is 0.0895 e. The first kappa shape index (κ1) is 8.53. The predicted octanol–water partition coefficient (Wildman–Crippen LogP) is 1.01. The molecule has 0 bridgehead atoms. The maximum absolute atomic E-state index is 4.96. The SMILES string of the molecule is CC(C)C(C)NN=C1COC1. The van der Waals surface area contributed by atoms with Crippen molar-refractivity contribution in [3.8, 4) is 0 Å². The van der Waals surface area contributed by atoms with Crippen LogP contribution in [0.5, 0.6) is 0 Å². The fourth-order valence-electron chi connectivity index (χ4n) is 0.600. The summed E-state index contributed by atoms with van der Waals surface area (Å²) < 4.78 is 4.96. The van der Waals surface area contributed by atoms with E-state index >= 15 is 0 Å². The molecule has 1 fully saturated rings. The van der Waals surface area contributed by atoms with Gasteiger partial charge in [0, 0.05) is 6.04 Å². The van der Waals surface area contributed by atoms with E-state index in [9.17, 15) is 0 Å². The zero-order chi connectivity index (χ0) is 8.27. The number of nitrogens with zero attached hydrogens (tertiary/aromatic N) is 1. The first-order valence-electron chi connectivity index (χ1n) is 4.09. The Hall–Kier alpha value is -0.570. The molecule has 0 saturated carbocycles. The summed E-state index contributed by atoms with van der Waals surface area (Å²) in [7, 11) is 0. The van der Waals surface area contributed by atoms with E-state index < -0.39 is 0 Å². The van der Waals surface area contributed by atoms with Gasteiger partial charge in [-0.2, -0.15) is 5.10 Å². The average molecular weight is 156 g/mol. The first-order valence-corrected chi connectivity index (χ1v) is 4.09. The Morgan fingerprint density at radius 2 is 2.00 bits per heavy atom. The summed E-state index contributed by atoms with van der Waals surface area (Å²) in [6.45, 7) is 7.90. The van der Waals surface area contributed by atoms with Gasteiger partial charge in [0.1, 0.15) is 0 Å². The Bertz CT molecular complexity index is 148. The minimum atomic E-state index is 0.447. The summed E-state index contributed by atoms with van der Waals surface area (Å²) in [4.78, 5) is 0. The number of hydrazone groups is 1. The minimum Gasteiger partial charge on any atom is -0.369 e. The fraction of sp³-hybridized carbons (Fsp3) is 0.875. The molecular weight excluding hydrogens is 140 g/mol. The molecule has 0 aromatic rings. The van der Waals surface area contributed by atoms with Gasteiger partial charge in [0.2, 0.25) is 0 Å². The molecule has 11 heavy (non-hydrogen) atoms. The van der Waals surface area contributed by atoms with Crippen molar-refractivity contribution in [2.24, 2.45) is 11.0 Å². The number of hydrogen-bond donors (Lipinski definition) is 1. The van der Waals surface area contributed by atoms with Crippen molar-refractivity contribution in [3.05, 3.63) is 0 Å². The quantitative estimate of drug-likeness (QED) is 0.619. The highest BCUT2D eigenvalue weighted by atomic mass is 16.5. The predicted molar refractivity (Wildman–Crippen MR) is 45.7 cm³/mol. The Kier molecular flexibility index (Phi) is 2.88. The lowest BCUT2D eigenvalue weighted by Gasteiger charge is -2.19. The van der Waals surface area contributed by atoms with Crippen LogP contribution in [0.15, 0.2) is 5.10 Å². The topological polar surface area (TPSA) is 33.6 Å². The van der Waals surface area contributed by atoms with Gasteiger partial charge in [0.05, 0.1) is 18.9 Å². The molecule has 3 heteroatoms. The minimum absolute atomic E-state index is 0.447. The normalized spacial score (nSPS) is 19.5. The molecule has 3 nitrogen and oxygen atoms in total. The summed E-state index contributed by atoms with van der Waals surface area (Å²) in [5, 5.41) is 4.19. The Labute approximate surface area is 67.8 Å². The van der Waals surface area contributed by atoms with E-state index in [1.807, 2.05) is 0 Å². The van der Waals surface area contributed by atoms with Crippen molar-refractivity contribution in [3.63, 3.8) is 0 Å². The van der Waals surface area contributed by atoms with Crippen LogP contribution in [0.3, 0.4) is 0 Å². The van der Waals surface area contributed by atoms with Crippen molar-refractivity contribution in [1.82, 2.24) is 5.43 Å². The van der Waals surface area contributed by atoms with E-state index in [0.29, 0.717) is 25.2 Å². The second-order valence-electron chi connectivity index (χ2n) is 3.33. The molecule has 0 aliphatic carbocycles. The lowest BCUT2D eigenvalue weighted by atomic mass is 10.1. The Balaban J connectivity index is 2.19. The van der Waals surface area contributed by atoms with Gasteiger partial charge in [-0.05, 0) is 12.8 Å². The van der Waals surface area contributed by atoms with Crippen LogP contribution in [-0.4, -0.2) is 25.0 Å². The van der Waals surface area contributed by atoms with Crippen molar-refractivity contribution >= 4 is 5.71 Å². The van der Waals surface area contributed by atoms with Gasteiger partial charge in [-0.15, -0.1) is 0 Å². The highest BCUT2D eigenvalue weighted by molar-refractivity contribution is 5.90. The molecular formula is C8H16N2O. The molecule has 1 aliphatic heterocycles. The van der Waals surface area contributed by atoms with Crippen molar-refractivity contribution in [2.75, 3.05) is 13.2 Å². The molecule has 1 N–H and O–H groups in total. The van der Waals surface area contributed by atoms with Crippen LogP contribution < -0.4 is 5.43 Å². The highest BCUT2D eigenvalue weighted by Crippen LogP contribution is 2.00. The number of rotatable bonds is 3. The van der Waals surface area contributed by atoms with Gasteiger partial charge < -0.3 is 10.2 Å². The van der Waals surface area contributed by atoms with E-state index in [1.165, 1.54) is 0 Å². The van der Waals surface area contributed by atoms with Crippen molar-refractivity contribution < 1.29 is 4.74 Å². The molecule has 1 heterocycles. The zero-order valence-corrected chi connectivity index (χ0v) is 7.42. The smallest absolute Gasteiger partial charge is 0.0895 e. The Morgan fingerprint density at radius 3 is 2.36 bits per heavy atom. The second kappa shape index (κ2) is 3.72. The van der Waals surface area contributed by atoms with Gasteiger partial charge in [-0.25, -0.2) is 0 Å². The third kappa shape index (κ3) is 2.50. The van der Waals surface area contributed by atoms with Crippen LogP contribution in [-0.2, 0) is 4.74 Å². The van der Waals surface area contributed by atoms with Gasteiger partial charge in [-0.3, -0.25) is 0 Å². The molecule has 0 amide bonds. The van der Waals surface area contributed by atoms with Crippen molar-refractivity contribution in [2.45, 2.75) is 26.8 Å². The van der Waals surface area contributed by atoms with E-state index in [1.54, 1.807) is 0 Å². The molecule has 1 saturated heterocycles. The summed E-state index contributed by atoms with van der Waals surface area (Å²) in [5.74, 6) is 0.625. The highest BCUT2D eigenvalue weighted by Gasteiger charge is 2.11. The summed E-state index contributed by atoms with van der Waals surface area (Å²) in [5.41, 5.74) is 4.21. The molecule has 1 aliphatic rings. The second-order valence-corrected chi connectivity index (χ2v) is 3.33. The van der Waals surface area contributed by atoms with Crippen LogP contribution in [0.4, 0.5) is 0 Å². The summed E-state index contributed by atoms with van der Waals surface area (Å²) >= 11 is 0. The van der Waals surface area contributed by atoms with E-state index in [4.69, 9.17) is 4.74 Å². The molecule has 64 valence electrons. The van der Waals surface area contributed by atoms with Gasteiger partial charge >= 0.3 is 0 Å². The maximum atomic E-state index is 4.96. The van der Waals surface area contributed by atoms with Crippen molar-refractivity contribution in [1.29, 1.82) is 0 Å². The third-order valence-electron chi connectivity index (χ3n) is 1.96. The molecule has 1 rings (SSSR count). The first-order chi connectivity index (χ1) is 5.20. The molecule has 1 atom stereocenters. The van der Waals surface area contributed by atoms with E-state index in [0.717, 1.165) is 5.71 Å². The third-order valence-corrected chi connectivity index (χ3v) is 1.96. The van der Waals surface area contributed by atoms with E-state index in [-0.39, 0.29) is 0 Å². The van der Waals surface area contributed by atoms with Crippen LogP contribution in [0.2, 0.25) is 0 Å². The summed E-state index contributed by atoms with van der Waals surface area (Å²) in [6.07, 6.45) is 0. The van der Waals surface area contributed by atoms with Gasteiger partial charge in [0.25, 0.3) is 0 Å². The molecule has 0 aromatic carbocycles. The zero-order valence-electron chi connectivity index (χ0n) is 7.42. The monoisotopic (exact) mass is 156 g/mol. The summed E-state index contributed by atoms with van der Waals surface area (Å²) in [6, 6.07) is 0.447. The standard InChI is InChI=1S/C8H16N2O/c1-6(2)7(3)9-10-8-4-11-5-8/h6-7,9H,4-5H2,1-3H3. The van der Waals surface area contributed by atoms with Crippen LogP contribution >= 0.6 is 0 Å². The largest absolute Gasteiger partial charge is 0.369 e. The number of nitrogens with one attached hydrogen (secondary N) is 1. The lowest BCUT2D eigenvalue weighted by Crippen LogP contribution is -2.34.